The molecule has 2 heteroatoms. The molecular formula is C8H13NO. The molecular weight excluding hydrogens is 126 g/mol. The Bertz CT molecular complexity index is 149. The maximum atomic E-state index is 8.48. The molecule has 10 heavy (non-hydrogen) atoms. The molecule has 56 valence electrons. The van der Waals surface area contributed by atoms with E-state index in [1.54, 1.807) is 0 Å². The molecule has 1 rings (SSSR count). The van der Waals surface area contributed by atoms with Crippen molar-refractivity contribution in [1.29, 1.82) is 0 Å². The minimum Gasteiger partial charge on any atom is -0.395 e. The van der Waals surface area contributed by atoms with E-state index in [0.29, 0.717) is 6.54 Å². The summed E-state index contributed by atoms with van der Waals surface area (Å²) in [6.07, 6.45) is 8.60. The molecule has 2 N–H and O–H groups in total. The van der Waals surface area contributed by atoms with Gasteiger partial charge in [-0.25, -0.2) is 0 Å². The highest BCUT2D eigenvalue weighted by molar-refractivity contribution is 5.19. The van der Waals surface area contributed by atoms with Gasteiger partial charge in [0.25, 0.3) is 0 Å². The van der Waals surface area contributed by atoms with Gasteiger partial charge in [0.1, 0.15) is 0 Å². The topological polar surface area (TPSA) is 32.3 Å². The number of rotatable bonds is 3. The summed E-state index contributed by atoms with van der Waals surface area (Å²) in [4.78, 5) is 0. The van der Waals surface area contributed by atoms with Crippen molar-refractivity contribution < 1.29 is 5.11 Å². The van der Waals surface area contributed by atoms with Crippen LogP contribution in [0.3, 0.4) is 0 Å². The summed E-state index contributed by atoms with van der Waals surface area (Å²) in [5, 5.41) is 11.6. The third-order valence-corrected chi connectivity index (χ3v) is 1.44. The Labute approximate surface area is 61.3 Å². The zero-order chi connectivity index (χ0) is 7.23. The van der Waals surface area contributed by atoms with Crippen LogP contribution < -0.4 is 5.32 Å². The smallest absolute Gasteiger partial charge is 0.0604 e. The predicted octanol–water partition coefficient (Wildman–Crippen LogP) is 0.802. The quantitative estimate of drug-likeness (QED) is 0.606. The SMILES string of the molecule is OCCNC1=CCCC=C1. The summed E-state index contributed by atoms with van der Waals surface area (Å²) < 4.78 is 0. The van der Waals surface area contributed by atoms with Crippen molar-refractivity contribution in [2.75, 3.05) is 13.2 Å². The van der Waals surface area contributed by atoms with Gasteiger partial charge in [-0.05, 0) is 18.9 Å². The van der Waals surface area contributed by atoms with Crippen molar-refractivity contribution in [2.24, 2.45) is 0 Å². The maximum Gasteiger partial charge on any atom is 0.0604 e. The van der Waals surface area contributed by atoms with E-state index in [4.69, 9.17) is 5.11 Å². The van der Waals surface area contributed by atoms with E-state index in [9.17, 15) is 0 Å². The molecule has 1 aliphatic rings. The summed E-state index contributed by atoms with van der Waals surface area (Å²) in [5.41, 5.74) is 1.14. The standard InChI is InChI=1S/C8H13NO/c10-7-6-9-8-4-2-1-3-5-8/h2,4-5,9-10H,1,3,6-7H2. The van der Waals surface area contributed by atoms with Gasteiger partial charge in [-0.2, -0.15) is 0 Å². The van der Waals surface area contributed by atoms with E-state index >= 15 is 0 Å². The molecule has 0 unspecified atom stereocenters. The van der Waals surface area contributed by atoms with E-state index in [0.717, 1.165) is 18.5 Å². The van der Waals surface area contributed by atoms with E-state index in [1.165, 1.54) is 0 Å². The average molecular weight is 139 g/mol. The Hall–Kier alpha value is -0.760. The fourth-order valence-corrected chi connectivity index (χ4v) is 0.945. The molecule has 0 heterocycles. The maximum absolute atomic E-state index is 8.48. The highest BCUT2D eigenvalue weighted by Crippen LogP contribution is 2.05. The first-order valence-electron chi connectivity index (χ1n) is 3.65. The molecule has 0 atom stereocenters. The lowest BCUT2D eigenvalue weighted by molar-refractivity contribution is 0.297. The van der Waals surface area contributed by atoms with E-state index in [1.807, 2.05) is 0 Å². The third-order valence-electron chi connectivity index (χ3n) is 1.44. The second kappa shape index (κ2) is 4.12. The minimum absolute atomic E-state index is 0.200. The van der Waals surface area contributed by atoms with E-state index in [-0.39, 0.29) is 6.61 Å². The lowest BCUT2D eigenvalue weighted by Gasteiger charge is -2.07. The fourth-order valence-electron chi connectivity index (χ4n) is 0.945. The Balaban J connectivity index is 2.26. The van der Waals surface area contributed by atoms with Crippen molar-refractivity contribution in [2.45, 2.75) is 12.8 Å². The fraction of sp³-hybridized carbons (Fsp3) is 0.500. The van der Waals surface area contributed by atoms with Crippen LogP contribution in [0, 0.1) is 0 Å². The molecule has 0 saturated carbocycles. The number of aliphatic hydroxyl groups excluding tert-OH is 1. The van der Waals surface area contributed by atoms with Gasteiger partial charge in [0.15, 0.2) is 0 Å². The number of allylic oxidation sites excluding steroid dienone is 3. The lowest BCUT2D eigenvalue weighted by Crippen LogP contribution is -2.16. The molecule has 0 saturated heterocycles. The van der Waals surface area contributed by atoms with Crippen LogP contribution in [0.15, 0.2) is 23.9 Å². The van der Waals surface area contributed by atoms with Crippen LogP contribution in [-0.2, 0) is 0 Å². The van der Waals surface area contributed by atoms with Gasteiger partial charge in [0.05, 0.1) is 6.61 Å². The third kappa shape index (κ3) is 2.23. The number of nitrogens with one attached hydrogen (secondary N) is 1. The van der Waals surface area contributed by atoms with Crippen molar-refractivity contribution in [3.63, 3.8) is 0 Å². The first-order valence-corrected chi connectivity index (χ1v) is 3.65. The largest absolute Gasteiger partial charge is 0.395 e. The van der Waals surface area contributed by atoms with Crippen molar-refractivity contribution in [3.8, 4) is 0 Å². The van der Waals surface area contributed by atoms with Gasteiger partial charge in [-0.15, -0.1) is 0 Å². The monoisotopic (exact) mass is 139 g/mol. The average Bonchev–Trinajstić information content (AvgIpc) is 2.03. The molecule has 0 aromatic carbocycles. The molecule has 0 aromatic heterocycles. The number of aliphatic hydroxyl groups is 1. The Morgan fingerprint density at radius 1 is 1.50 bits per heavy atom. The van der Waals surface area contributed by atoms with Gasteiger partial charge in [-0.3, -0.25) is 0 Å². The first kappa shape index (κ1) is 7.35. The molecule has 1 aliphatic carbocycles. The summed E-state index contributed by atoms with van der Waals surface area (Å²) in [7, 11) is 0. The summed E-state index contributed by atoms with van der Waals surface area (Å²) in [6, 6.07) is 0. The molecule has 0 fully saturated rings. The number of hydrogen-bond acceptors (Lipinski definition) is 2. The van der Waals surface area contributed by atoms with Gasteiger partial charge >= 0.3 is 0 Å². The van der Waals surface area contributed by atoms with Crippen LogP contribution >= 0.6 is 0 Å². The summed E-state index contributed by atoms with van der Waals surface area (Å²) >= 11 is 0. The van der Waals surface area contributed by atoms with Gasteiger partial charge in [-0.1, -0.05) is 12.2 Å². The summed E-state index contributed by atoms with van der Waals surface area (Å²) in [5.74, 6) is 0. The normalized spacial score (nSPS) is 16.7. The highest BCUT2D eigenvalue weighted by Gasteiger charge is 1.93. The zero-order valence-corrected chi connectivity index (χ0v) is 6.01. The molecule has 0 bridgehead atoms. The van der Waals surface area contributed by atoms with Crippen molar-refractivity contribution >= 4 is 0 Å². The molecule has 0 amide bonds. The molecule has 2 nitrogen and oxygen atoms in total. The first-order chi connectivity index (χ1) is 4.93. The second-order valence-corrected chi connectivity index (χ2v) is 2.29. The molecule has 0 radical (unpaired) electrons. The molecule has 0 spiro atoms. The van der Waals surface area contributed by atoms with Gasteiger partial charge in [0, 0.05) is 12.2 Å². The van der Waals surface area contributed by atoms with Crippen LogP contribution in [-0.4, -0.2) is 18.3 Å². The van der Waals surface area contributed by atoms with Crippen LogP contribution in [0.5, 0.6) is 0 Å². The molecule has 0 aromatic rings. The zero-order valence-electron chi connectivity index (χ0n) is 6.01. The Kier molecular flexibility index (Phi) is 3.03. The van der Waals surface area contributed by atoms with E-state index in [2.05, 4.69) is 23.5 Å². The van der Waals surface area contributed by atoms with Crippen LogP contribution in [0.2, 0.25) is 0 Å². The lowest BCUT2D eigenvalue weighted by atomic mass is 10.1. The number of hydrogen-bond donors (Lipinski definition) is 2. The Morgan fingerprint density at radius 2 is 2.40 bits per heavy atom. The molecule has 0 aliphatic heterocycles. The van der Waals surface area contributed by atoms with Crippen LogP contribution in [0.4, 0.5) is 0 Å². The van der Waals surface area contributed by atoms with Gasteiger partial charge < -0.3 is 10.4 Å². The van der Waals surface area contributed by atoms with Gasteiger partial charge in [0.2, 0.25) is 0 Å². The highest BCUT2D eigenvalue weighted by atomic mass is 16.3. The van der Waals surface area contributed by atoms with Crippen LogP contribution in [0.1, 0.15) is 12.8 Å². The second-order valence-electron chi connectivity index (χ2n) is 2.29. The minimum atomic E-state index is 0.200. The van der Waals surface area contributed by atoms with Crippen molar-refractivity contribution in [3.05, 3.63) is 23.9 Å². The Morgan fingerprint density at radius 3 is 3.00 bits per heavy atom. The van der Waals surface area contributed by atoms with Crippen LogP contribution in [0.25, 0.3) is 0 Å². The summed E-state index contributed by atoms with van der Waals surface area (Å²) in [6.45, 7) is 0.849. The van der Waals surface area contributed by atoms with E-state index < -0.39 is 0 Å². The predicted molar refractivity (Wildman–Crippen MR) is 41.5 cm³/mol. The van der Waals surface area contributed by atoms with Crippen molar-refractivity contribution in [1.82, 2.24) is 5.32 Å².